The molecule has 0 bridgehead atoms. The number of carboxylic acid groups (broad SMARTS) is 1. The number of rotatable bonds is 7. The molecular formula is C22H22FN3O6. The molecule has 1 heterocycles. The summed E-state index contributed by atoms with van der Waals surface area (Å²) in [5.41, 5.74) is 0.737. The number of nitrogens with zero attached hydrogens (tertiary/aromatic N) is 3. The van der Waals surface area contributed by atoms with Crippen LogP contribution in [0.2, 0.25) is 0 Å². The zero-order valence-corrected chi connectivity index (χ0v) is 17.5. The van der Waals surface area contributed by atoms with Crippen LogP contribution in [-0.4, -0.2) is 57.1 Å². The lowest BCUT2D eigenvalue weighted by Crippen LogP contribution is -2.55. The molecule has 2 aromatic rings. The molecule has 0 aliphatic carbocycles. The third kappa shape index (κ3) is 4.93. The maximum absolute atomic E-state index is 13.2. The number of nitro benzene ring substituents is 1. The Labute approximate surface area is 183 Å². The molecule has 3 rings (SSSR count). The van der Waals surface area contributed by atoms with Crippen molar-refractivity contribution in [2.45, 2.75) is 32.5 Å². The molecule has 2 atom stereocenters. The van der Waals surface area contributed by atoms with Gasteiger partial charge in [-0.15, -0.1) is 0 Å². The zero-order chi connectivity index (χ0) is 23.4. The van der Waals surface area contributed by atoms with Crippen molar-refractivity contribution < 1.29 is 28.7 Å². The van der Waals surface area contributed by atoms with E-state index in [9.17, 15) is 29.2 Å². The second-order valence-corrected chi connectivity index (χ2v) is 7.55. The number of hydrogen-bond acceptors (Lipinski definition) is 7. The Morgan fingerprint density at radius 2 is 1.97 bits per heavy atom. The van der Waals surface area contributed by atoms with Gasteiger partial charge in [0.2, 0.25) is 0 Å². The van der Waals surface area contributed by atoms with Gasteiger partial charge in [-0.3, -0.25) is 15.0 Å². The first-order chi connectivity index (χ1) is 15.2. The van der Waals surface area contributed by atoms with Crippen LogP contribution in [-0.2, 0) is 11.3 Å². The highest BCUT2D eigenvalue weighted by Crippen LogP contribution is 2.28. The van der Waals surface area contributed by atoms with Gasteiger partial charge >= 0.3 is 5.97 Å². The molecule has 1 aliphatic heterocycles. The summed E-state index contributed by atoms with van der Waals surface area (Å²) in [4.78, 5) is 37.3. The standard InChI is InChI=1S/C22H22FN3O6/c1-14-10-24(13-32-21-9-18(26(30)31)7-8-19(21)22(28)29)15(2)20(12-27)25(14)11-16-3-5-17(23)6-4-16/h3-9,14-15H,10-11,13H2,1-2H3,(H,28,29)/t14-,15+/m1/s1. The fourth-order valence-electron chi connectivity index (χ4n) is 3.66. The number of carbonyl (C=O) groups excluding carboxylic acids is 1. The Morgan fingerprint density at radius 3 is 2.56 bits per heavy atom. The summed E-state index contributed by atoms with van der Waals surface area (Å²) in [7, 11) is 0. The summed E-state index contributed by atoms with van der Waals surface area (Å²) in [5, 5.41) is 20.4. The monoisotopic (exact) mass is 443 g/mol. The number of piperazine rings is 1. The van der Waals surface area contributed by atoms with Gasteiger partial charge in [0.1, 0.15) is 35.5 Å². The molecule has 168 valence electrons. The molecule has 10 heteroatoms. The largest absolute Gasteiger partial charge is 0.478 e. The predicted octanol–water partition coefficient (Wildman–Crippen LogP) is 3.08. The average Bonchev–Trinajstić information content (AvgIpc) is 2.76. The molecule has 0 aromatic heterocycles. The van der Waals surface area contributed by atoms with Gasteiger partial charge in [0.05, 0.1) is 17.0 Å². The number of ether oxygens (including phenoxy) is 1. The number of halogens is 1. The Balaban J connectivity index is 1.76. The van der Waals surface area contributed by atoms with Gasteiger partial charge in [0.15, 0.2) is 0 Å². The molecule has 2 aromatic carbocycles. The SMILES string of the molecule is C[C@@H]1CN(COc2cc([N+](=O)[O-])ccc2C(=O)O)[C@@H](C)C(=C=O)N1Cc1ccc(F)cc1. The lowest BCUT2D eigenvalue weighted by atomic mass is 10.0. The maximum Gasteiger partial charge on any atom is 0.339 e. The lowest BCUT2D eigenvalue weighted by molar-refractivity contribution is -0.384. The van der Waals surface area contributed by atoms with Gasteiger partial charge in [-0.2, -0.15) is 0 Å². The highest BCUT2D eigenvalue weighted by molar-refractivity contribution is 5.91. The van der Waals surface area contributed by atoms with Crippen LogP contribution >= 0.6 is 0 Å². The number of carboxylic acids is 1. The summed E-state index contributed by atoms with van der Waals surface area (Å²) in [5.74, 6) is 0.246. The van der Waals surface area contributed by atoms with E-state index in [1.807, 2.05) is 22.7 Å². The summed E-state index contributed by atoms with van der Waals surface area (Å²) in [6.45, 7) is 4.50. The first-order valence-electron chi connectivity index (χ1n) is 9.86. The average molecular weight is 443 g/mol. The Bertz CT molecular complexity index is 1070. The quantitative estimate of drug-likeness (QED) is 0.395. The van der Waals surface area contributed by atoms with Crippen molar-refractivity contribution in [1.29, 1.82) is 0 Å². The zero-order valence-electron chi connectivity index (χ0n) is 17.5. The van der Waals surface area contributed by atoms with Crippen LogP contribution in [0.15, 0.2) is 48.2 Å². The van der Waals surface area contributed by atoms with Crippen LogP contribution < -0.4 is 4.74 Å². The molecule has 0 amide bonds. The van der Waals surface area contributed by atoms with Gasteiger partial charge in [-0.05, 0) is 37.6 Å². The number of non-ortho nitro benzene ring substituents is 1. The van der Waals surface area contributed by atoms with E-state index in [-0.39, 0.29) is 35.6 Å². The van der Waals surface area contributed by atoms with E-state index in [2.05, 4.69) is 0 Å². The predicted molar refractivity (Wildman–Crippen MR) is 112 cm³/mol. The van der Waals surface area contributed by atoms with Crippen molar-refractivity contribution in [2.24, 2.45) is 0 Å². The second-order valence-electron chi connectivity index (χ2n) is 7.55. The summed E-state index contributed by atoms with van der Waals surface area (Å²) >= 11 is 0. The van der Waals surface area contributed by atoms with Crippen molar-refractivity contribution in [3.8, 4) is 5.75 Å². The normalized spacial score (nSPS) is 18.8. The summed E-state index contributed by atoms with van der Waals surface area (Å²) in [6.07, 6.45) is 0. The third-order valence-corrected chi connectivity index (χ3v) is 5.45. The topological polar surface area (TPSA) is 113 Å². The highest BCUT2D eigenvalue weighted by Gasteiger charge is 2.34. The number of benzene rings is 2. The van der Waals surface area contributed by atoms with Crippen molar-refractivity contribution >= 4 is 17.6 Å². The van der Waals surface area contributed by atoms with Gasteiger partial charge < -0.3 is 14.7 Å². The molecule has 9 nitrogen and oxygen atoms in total. The second kappa shape index (κ2) is 9.59. The first-order valence-corrected chi connectivity index (χ1v) is 9.86. The molecular weight excluding hydrogens is 421 g/mol. The maximum atomic E-state index is 13.2. The van der Waals surface area contributed by atoms with Gasteiger partial charge in [0.25, 0.3) is 5.69 Å². The number of carbonyl (C=O) groups is 1. The van der Waals surface area contributed by atoms with E-state index in [1.165, 1.54) is 12.1 Å². The third-order valence-electron chi connectivity index (χ3n) is 5.45. The minimum Gasteiger partial charge on any atom is -0.478 e. The molecule has 0 saturated carbocycles. The Hall–Kier alpha value is -3.75. The molecule has 0 spiro atoms. The van der Waals surface area contributed by atoms with Crippen LogP contribution in [0.3, 0.4) is 0 Å². The van der Waals surface area contributed by atoms with Gasteiger partial charge in [-0.25, -0.2) is 14.0 Å². The molecule has 1 saturated heterocycles. The summed E-state index contributed by atoms with van der Waals surface area (Å²) < 4.78 is 18.8. The van der Waals surface area contributed by atoms with E-state index < -0.39 is 16.9 Å². The van der Waals surface area contributed by atoms with Crippen LogP contribution in [0.5, 0.6) is 5.75 Å². The van der Waals surface area contributed by atoms with Crippen molar-refractivity contribution in [1.82, 2.24) is 9.80 Å². The lowest BCUT2D eigenvalue weighted by Gasteiger charge is -2.45. The molecule has 32 heavy (non-hydrogen) atoms. The number of nitro groups is 1. The van der Waals surface area contributed by atoms with Crippen LogP contribution in [0.1, 0.15) is 29.8 Å². The van der Waals surface area contributed by atoms with Gasteiger partial charge in [-0.1, -0.05) is 12.1 Å². The first kappa shape index (κ1) is 22.9. The fourth-order valence-corrected chi connectivity index (χ4v) is 3.66. The fraction of sp³-hybridized carbons (Fsp3) is 0.318. The number of hydrogen-bond donors (Lipinski definition) is 1. The van der Waals surface area contributed by atoms with E-state index in [1.54, 1.807) is 19.1 Å². The Kier molecular flexibility index (Phi) is 6.87. The molecule has 1 aliphatic rings. The van der Waals surface area contributed by atoms with Crippen molar-refractivity contribution in [3.63, 3.8) is 0 Å². The van der Waals surface area contributed by atoms with Gasteiger partial charge in [0, 0.05) is 25.2 Å². The number of aromatic carboxylic acids is 1. The molecule has 0 radical (unpaired) electrons. The van der Waals surface area contributed by atoms with Crippen molar-refractivity contribution in [2.75, 3.05) is 13.3 Å². The van der Waals surface area contributed by atoms with Crippen molar-refractivity contribution in [3.05, 3.63) is 75.2 Å². The van der Waals surface area contributed by atoms with E-state index in [0.717, 1.165) is 23.8 Å². The Morgan fingerprint density at radius 1 is 1.28 bits per heavy atom. The van der Waals surface area contributed by atoms with E-state index in [4.69, 9.17) is 4.74 Å². The molecule has 1 N–H and O–H groups in total. The van der Waals surface area contributed by atoms with Crippen LogP contribution in [0, 0.1) is 15.9 Å². The minimum absolute atomic E-state index is 0.0808. The summed E-state index contributed by atoms with van der Waals surface area (Å²) in [6, 6.07) is 8.78. The minimum atomic E-state index is -1.27. The van der Waals surface area contributed by atoms with Crippen LogP contribution in [0.25, 0.3) is 0 Å². The van der Waals surface area contributed by atoms with E-state index in [0.29, 0.717) is 18.8 Å². The molecule has 0 unspecified atom stereocenters. The smallest absolute Gasteiger partial charge is 0.339 e. The van der Waals surface area contributed by atoms with E-state index >= 15 is 0 Å². The highest BCUT2D eigenvalue weighted by atomic mass is 19.1. The molecule has 1 fully saturated rings. The van der Waals surface area contributed by atoms with Crippen LogP contribution in [0.4, 0.5) is 10.1 Å².